The molecule has 2 heterocycles. The van der Waals surface area contributed by atoms with Crippen LogP contribution in [0.4, 0.5) is 5.13 Å². The summed E-state index contributed by atoms with van der Waals surface area (Å²) < 4.78 is 4.72. The summed E-state index contributed by atoms with van der Waals surface area (Å²) in [6.45, 7) is 3.87. The van der Waals surface area contributed by atoms with Crippen LogP contribution in [0.1, 0.15) is 28.2 Å². The summed E-state index contributed by atoms with van der Waals surface area (Å²) in [7, 11) is 3.54. The van der Waals surface area contributed by atoms with Crippen molar-refractivity contribution in [2.75, 3.05) is 32.6 Å². The molecule has 1 aliphatic rings. The van der Waals surface area contributed by atoms with Gasteiger partial charge in [0, 0.05) is 12.6 Å². The second-order valence-electron chi connectivity index (χ2n) is 4.58. The molecule has 2 rings (SSSR count). The summed E-state index contributed by atoms with van der Waals surface area (Å²) in [4.78, 5) is 18.8. The summed E-state index contributed by atoms with van der Waals surface area (Å²) in [6, 6.07) is 0.566. The number of thiazole rings is 1. The number of hydrogen-bond acceptors (Lipinski definition) is 6. The Morgan fingerprint density at radius 2 is 2.44 bits per heavy atom. The lowest BCUT2D eigenvalue weighted by Crippen LogP contribution is -2.31. The van der Waals surface area contributed by atoms with Gasteiger partial charge in [0.05, 0.1) is 12.8 Å². The lowest BCUT2D eigenvalue weighted by molar-refractivity contribution is 0.0605. The standard InChI is InChI=1S/C12H19N3O2S/c1-8-10(11(16)17-3)18-12(14-8)13-7-9-5-4-6-15(9)2/h9H,4-7H2,1-3H3,(H,13,14). The maximum atomic E-state index is 11.5. The van der Waals surface area contributed by atoms with Gasteiger partial charge in [-0.05, 0) is 33.4 Å². The summed E-state index contributed by atoms with van der Waals surface area (Å²) >= 11 is 1.36. The number of aryl methyl sites for hydroxylation is 1. The van der Waals surface area contributed by atoms with Crippen molar-refractivity contribution >= 4 is 22.4 Å². The maximum Gasteiger partial charge on any atom is 0.350 e. The molecule has 1 atom stereocenters. The van der Waals surface area contributed by atoms with Gasteiger partial charge in [-0.1, -0.05) is 11.3 Å². The van der Waals surface area contributed by atoms with Crippen LogP contribution in [0.5, 0.6) is 0 Å². The van der Waals surface area contributed by atoms with E-state index in [-0.39, 0.29) is 5.97 Å². The Bertz CT molecular complexity index is 433. The summed E-state index contributed by atoms with van der Waals surface area (Å²) in [5, 5.41) is 4.11. The van der Waals surface area contributed by atoms with E-state index in [0.29, 0.717) is 10.9 Å². The number of aromatic nitrogens is 1. The molecule has 1 N–H and O–H groups in total. The SMILES string of the molecule is COC(=O)c1sc(NCC2CCCN2C)nc1C. The molecule has 1 aromatic heterocycles. The molecule has 0 radical (unpaired) electrons. The number of carbonyl (C=O) groups excluding carboxylic acids is 1. The Morgan fingerprint density at radius 3 is 3.06 bits per heavy atom. The highest BCUT2D eigenvalue weighted by Crippen LogP contribution is 2.24. The minimum Gasteiger partial charge on any atom is -0.465 e. The van der Waals surface area contributed by atoms with Crippen molar-refractivity contribution in [2.45, 2.75) is 25.8 Å². The van der Waals surface area contributed by atoms with Gasteiger partial charge < -0.3 is 15.0 Å². The van der Waals surface area contributed by atoms with E-state index < -0.39 is 0 Å². The molecule has 1 aromatic rings. The van der Waals surface area contributed by atoms with Gasteiger partial charge in [0.1, 0.15) is 4.88 Å². The van der Waals surface area contributed by atoms with Crippen LogP contribution < -0.4 is 5.32 Å². The number of ether oxygens (including phenoxy) is 1. The molecule has 18 heavy (non-hydrogen) atoms. The van der Waals surface area contributed by atoms with Crippen molar-refractivity contribution in [2.24, 2.45) is 0 Å². The van der Waals surface area contributed by atoms with E-state index in [1.54, 1.807) is 0 Å². The van der Waals surface area contributed by atoms with Crippen molar-refractivity contribution in [1.82, 2.24) is 9.88 Å². The maximum absolute atomic E-state index is 11.5. The zero-order chi connectivity index (χ0) is 13.1. The monoisotopic (exact) mass is 269 g/mol. The molecular formula is C12H19N3O2S. The molecule has 0 saturated carbocycles. The molecule has 0 bridgehead atoms. The first-order valence-electron chi connectivity index (χ1n) is 6.11. The van der Waals surface area contributed by atoms with Gasteiger partial charge in [-0.2, -0.15) is 0 Å². The fraction of sp³-hybridized carbons (Fsp3) is 0.667. The average Bonchev–Trinajstić information content (AvgIpc) is 2.92. The Balaban J connectivity index is 1.95. The third-order valence-corrected chi connectivity index (χ3v) is 4.42. The Hall–Kier alpha value is -1.14. The molecule has 100 valence electrons. The van der Waals surface area contributed by atoms with E-state index >= 15 is 0 Å². The van der Waals surface area contributed by atoms with Gasteiger partial charge in [0.2, 0.25) is 0 Å². The van der Waals surface area contributed by atoms with E-state index in [1.807, 2.05) is 6.92 Å². The zero-order valence-electron chi connectivity index (χ0n) is 11.0. The van der Waals surface area contributed by atoms with Gasteiger partial charge in [0.25, 0.3) is 0 Å². The van der Waals surface area contributed by atoms with Crippen LogP contribution in [0.2, 0.25) is 0 Å². The van der Waals surface area contributed by atoms with Crippen molar-refractivity contribution in [3.05, 3.63) is 10.6 Å². The third kappa shape index (κ3) is 2.81. The second kappa shape index (κ2) is 5.67. The van der Waals surface area contributed by atoms with Gasteiger partial charge >= 0.3 is 5.97 Å². The molecule has 0 spiro atoms. The fourth-order valence-electron chi connectivity index (χ4n) is 2.20. The first-order valence-corrected chi connectivity index (χ1v) is 6.93. The number of nitrogens with zero attached hydrogens (tertiary/aromatic N) is 2. The highest BCUT2D eigenvalue weighted by atomic mass is 32.1. The molecule has 0 aliphatic carbocycles. The minimum absolute atomic E-state index is 0.309. The van der Waals surface area contributed by atoms with Crippen LogP contribution >= 0.6 is 11.3 Å². The van der Waals surface area contributed by atoms with Crippen LogP contribution in [-0.2, 0) is 4.74 Å². The topological polar surface area (TPSA) is 54.5 Å². The minimum atomic E-state index is -0.309. The van der Waals surface area contributed by atoms with Gasteiger partial charge in [-0.15, -0.1) is 0 Å². The third-order valence-electron chi connectivity index (χ3n) is 3.33. The number of methoxy groups -OCH3 is 1. The van der Waals surface area contributed by atoms with Crippen molar-refractivity contribution in [3.63, 3.8) is 0 Å². The molecular weight excluding hydrogens is 250 g/mol. The lowest BCUT2D eigenvalue weighted by atomic mass is 10.2. The summed E-state index contributed by atoms with van der Waals surface area (Å²) in [5.74, 6) is -0.309. The number of anilines is 1. The number of carbonyl (C=O) groups is 1. The first-order chi connectivity index (χ1) is 8.61. The molecule has 1 unspecified atom stereocenters. The fourth-order valence-corrected chi connectivity index (χ4v) is 3.09. The average molecular weight is 269 g/mol. The highest BCUT2D eigenvalue weighted by molar-refractivity contribution is 7.17. The summed E-state index contributed by atoms with van der Waals surface area (Å²) in [6.07, 6.45) is 2.48. The Labute approximate surface area is 111 Å². The molecule has 0 amide bonds. The number of likely N-dealkylation sites (tertiary alicyclic amines) is 1. The second-order valence-corrected chi connectivity index (χ2v) is 5.58. The number of nitrogens with one attached hydrogen (secondary N) is 1. The van der Waals surface area contributed by atoms with E-state index in [0.717, 1.165) is 23.9 Å². The van der Waals surface area contributed by atoms with Gasteiger partial charge in [-0.25, -0.2) is 9.78 Å². The van der Waals surface area contributed by atoms with Gasteiger partial charge in [0.15, 0.2) is 5.13 Å². The van der Waals surface area contributed by atoms with Crippen molar-refractivity contribution < 1.29 is 9.53 Å². The molecule has 5 nitrogen and oxygen atoms in total. The molecule has 1 aliphatic heterocycles. The molecule has 1 saturated heterocycles. The van der Waals surface area contributed by atoms with Crippen LogP contribution in [0.15, 0.2) is 0 Å². The van der Waals surface area contributed by atoms with Gasteiger partial charge in [-0.3, -0.25) is 0 Å². The van der Waals surface area contributed by atoms with Crippen molar-refractivity contribution in [1.29, 1.82) is 0 Å². The van der Waals surface area contributed by atoms with Crippen LogP contribution in [0.3, 0.4) is 0 Å². The number of hydrogen-bond donors (Lipinski definition) is 1. The largest absolute Gasteiger partial charge is 0.465 e. The lowest BCUT2D eigenvalue weighted by Gasteiger charge is -2.19. The Kier molecular flexibility index (Phi) is 4.19. The van der Waals surface area contributed by atoms with E-state index in [4.69, 9.17) is 4.74 Å². The number of likely N-dealkylation sites (N-methyl/N-ethyl adjacent to an activating group) is 1. The quantitative estimate of drug-likeness (QED) is 0.844. The number of rotatable bonds is 4. The Morgan fingerprint density at radius 1 is 1.67 bits per heavy atom. The smallest absolute Gasteiger partial charge is 0.350 e. The van der Waals surface area contributed by atoms with E-state index in [9.17, 15) is 4.79 Å². The first kappa shape index (κ1) is 13.3. The molecule has 6 heteroatoms. The number of esters is 1. The van der Waals surface area contributed by atoms with Crippen LogP contribution in [-0.4, -0.2) is 49.1 Å². The molecule has 1 fully saturated rings. The molecule has 0 aromatic carbocycles. The normalized spacial score (nSPS) is 20.1. The predicted molar refractivity (Wildman–Crippen MR) is 72.3 cm³/mol. The predicted octanol–water partition coefficient (Wildman–Crippen LogP) is 1.74. The van der Waals surface area contributed by atoms with Crippen LogP contribution in [0.25, 0.3) is 0 Å². The zero-order valence-corrected chi connectivity index (χ0v) is 11.8. The van der Waals surface area contributed by atoms with E-state index in [1.165, 1.54) is 31.3 Å². The summed E-state index contributed by atoms with van der Waals surface area (Å²) in [5.41, 5.74) is 0.731. The van der Waals surface area contributed by atoms with E-state index in [2.05, 4.69) is 22.2 Å². The van der Waals surface area contributed by atoms with Crippen molar-refractivity contribution in [3.8, 4) is 0 Å². The van der Waals surface area contributed by atoms with Crippen LogP contribution in [0, 0.1) is 6.92 Å². The highest BCUT2D eigenvalue weighted by Gasteiger charge is 2.21.